The van der Waals surface area contributed by atoms with E-state index in [-0.39, 0.29) is 17.1 Å². The van der Waals surface area contributed by atoms with E-state index in [2.05, 4.69) is 21.2 Å². The molecular weight excluding hydrogens is 298 g/mol. The molecule has 5 heteroatoms. The van der Waals surface area contributed by atoms with Crippen LogP contribution in [0.3, 0.4) is 0 Å². The second kappa shape index (κ2) is 5.35. The summed E-state index contributed by atoms with van der Waals surface area (Å²) in [6.07, 6.45) is 1.29. The first-order valence-corrected chi connectivity index (χ1v) is 6.39. The molecule has 0 radical (unpaired) electrons. The van der Waals surface area contributed by atoms with Crippen molar-refractivity contribution in [3.05, 3.63) is 40.1 Å². The average molecular weight is 310 g/mol. The molecule has 0 fully saturated rings. The smallest absolute Gasteiger partial charge is 0.262 e. The van der Waals surface area contributed by atoms with Gasteiger partial charge in [-0.25, -0.2) is 0 Å². The second-order valence-corrected chi connectivity index (χ2v) is 4.98. The minimum Gasteiger partial charge on any atom is -0.511 e. The first kappa shape index (κ1) is 12.8. The molecule has 0 atom stereocenters. The summed E-state index contributed by atoms with van der Waals surface area (Å²) >= 11 is 3.29. The molecule has 0 heterocycles. The normalized spacial score (nSPS) is 15.7. The van der Waals surface area contributed by atoms with Gasteiger partial charge >= 0.3 is 0 Å². The number of Topliss-reactive ketones (excluding diaryl/α,β-unsaturated/α-hetero) is 1. The number of carbonyl (C=O) groups excluding carboxylic acids is 2. The van der Waals surface area contributed by atoms with E-state index in [1.807, 2.05) is 0 Å². The number of hydrogen-bond donors (Lipinski definition) is 2. The Balaban J connectivity index is 2.17. The van der Waals surface area contributed by atoms with Crippen LogP contribution in [0.1, 0.15) is 19.3 Å². The number of aliphatic hydroxyl groups is 1. The number of allylic oxidation sites excluding steroid dienone is 1. The number of carbonyl (C=O) groups is 2. The largest absolute Gasteiger partial charge is 0.511 e. The summed E-state index contributed by atoms with van der Waals surface area (Å²) in [5.41, 5.74) is 0.478. The van der Waals surface area contributed by atoms with Crippen LogP contribution in [0.2, 0.25) is 0 Å². The number of nitrogens with one attached hydrogen (secondary N) is 1. The molecule has 1 amide bonds. The average Bonchev–Trinajstić information content (AvgIpc) is 2.32. The Bertz CT molecular complexity index is 520. The lowest BCUT2D eigenvalue weighted by Gasteiger charge is -2.14. The molecule has 0 aromatic heterocycles. The van der Waals surface area contributed by atoms with Gasteiger partial charge in [0.05, 0.1) is 0 Å². The van der Waals surface area contributed by atoms with Crippen molar-refractivity contribution in [1.29, 1.82) is 0 Å². The third-order valence-corrected chi connectivity index (χ3v) is 3.24. The highest BCUT2D eigenvalue weighted by atomic mass is 79.9. The van der Waals surface area contributed by atoms with Gasteiger partial charge in [-0.05, 0) is 30.7 Å². The number of halogens is 1. The Morgan fingerprint density at radius 2 is 1.89 bits per heavy atom. The van der Waals surface area contributed by atoms with Crippen LogP contribution in [-0.2, 0) is 9.59 Å². The number of ketones is 1. The van der Waals surface area contributed by atoms with Crippen LogP contribution < -0.4 is 5.32 Å². The number of hydrogen-bond acceptors (Lipinski definition) is 3. The van der Waals surface area contributed by atoms with E-state index in [4.69, 9.17) is 0 Å². The van der Waals surface area contributed by atoms with Gasteiger partial charge < -0.3 is 10.4 Å². The van der Waals surface area contributed by atoms with Gasteiger partial charge in [-0.15, -0.1) is 0 Å². The molecule has 0 unspecified atom stereocenters. The number of amides is 1. The van der Waals surface area contributed by atoms with Gasteiger partial charge in [0.15, 0.2) is 5.78 Å². The molecule has 0 saturated heterocycles. The van der Waals surface area contributed by atoms with Gasteiger partial charge in [0.1, 0.15) is 11.3 Å². The van der Waals surface area contributed by atoms with Crippen molar-refractivity contribution in [1.82, 2.24) is 0 Å². The Morgan fingerprint density at radius 3 is 2.50 bits per heavy atom. The summed E-state index contributed by atoms with van der Waals surface area (Å²) in [7, 11) is 0. The predicted octanol–water partition coefficient (Wildman–Crippen LogP) is 2.95. The molecule has 18 heavy (non-hydrogen) atoms. The fourth-order valence-electron chi connectivity index (χ4n) is 1.81. The summed E-state index contributed by atoms with van der Waals surface area (Å²) in [5.74, 6) is -0.950. The maximum Gasteiger partial charge on any atom is 0.262 e. The first-order chi connectivity index (χ1) is 8.58. The summed E-state index contributed by atoms with van der Waals surface area (Å²) in [5, 5.41) is 12.2. The molecule has 0 bridgehead atoms. The molecule has 1 aromatic rings. The third kappa shape index (κ3) is 2.79. The molecule has 2 rings (SSSR count). The van der Waals surface area contributed by atoms with Crippen molar-refractivity contribution in [3.8, 4) is 0 Å². The van der Waals surface area contributed by atoms with E-state index in [9.17, 15) is 14.7 Å². The number of rotatable bonds is 2. The highest BCUT2D eigenvalue weighted by Gasteiger charge is 2.26. The molecule has 4 nitrogen and oxygen atoms in total. The Labute approximate surface area is 113 Å². The van der Waals surface area contributed by atoms with Crippen LogP contribution in [0.4, 0.5) is 5.69 Å². The SMILES string of the molecule is O=C1CCCC(O)=C1C(=O)Nc1ccc(Br)cc1. The van der Waals surface area contributed by atoms with Crippen molar-refractivity contribution in [2.75, 3.05) is 5.32 Å². The highest BCUT2D eigenvalue weighted by molar-refractivity contribution is 9.10. The Kier molecular flexibility index (Phi) is 3.81. The molecule has 0 saturated carbocycles. The van der Waals surface area contributed by atoms with E-state index in [1.165, 1.54) is 0 Å². The molecule has 1 aromatic carbocycles. The lowest BCUT2D eigenvalue weighted by molar-refractivity contribution is -0.121. The summed E-state index contributed by atoms with van der Waals surface area (Å²) in [6.45, 7) is 0. The van der Waals surface area contributed by atoms with Crippen molar-refractivity contribution in [2.45, 2.75) is 19.3 Å². The Hall–Kier alpha value is -1.62. The molecule has 94 valence electrons. The van der Waals surface area contributed by atoms with Crippen molar-refractivity contribution in [3.63, 3.8) is 0 Å². The van der Waals surface area contributed by atoms with E-state index in [1.54, 1.807) is 24.3 Å². The number of anilines is 1. The quantitative estimate of drug-likeness (QED) is 0.825. The van der Waals surface area contributed by atoms with Crippen molar-refractivity contribution in [2.24, 2.45) is 0 Å². The zero-order valence-corrected chi connectivity index (χ0v) is 11.2. The third-order valence-electron chi connectivity index (χ3n) is 2.71. The van der Waals surface area contributed by atoms with E-state index in [0.717, 1.165) is 4.47 Å². The van der Waals surface area contributed by atoms with Crippen LogP contribution >= 0.6 is 15.9 Å². The van der Waals surface area contributed by atoms with Crippen LogP contribution in [0.5, 0.6) is 0 Å². The van der Waals surface area contributed by atoms with Crippen LogP contribution in [0.25, 0.3) is 0 Å². The van der Waals surface area contributed by atoms with Gasteiger partial charge in [0, 0.05) is 23.0 Å². The fourth-order valence-corrected chi connectivity index (χ4v) is 2.08. The lowest BCUT2D eigenvalue weighted by Crippen LogP contribution is -2.24. The van der Waals surface area contributed by atoms with Gasteiger partial charge in [-0.2, -0.15) is 0 Å². The number of benzene rings is 1. The molecule has 0 aliphatic heterocycles. The highest BCUT2D eigenvalue weighted by Crippen LogP contribution is 2.22. The van der Waals surface area contributed by atoms with E-state index in [0.29, 0.717) is 24.9 Å². The standard InChI is InChI=1S/C13H12BrNO3/c14-8-4-6-9(7-5-8)15-13(18)12-10(16)2-1-3-11(12)17/h4-7,16H,1-3H2,(H,15,18). The monoisotopic (exact) mass is 309 g/mol. The summed E-state index contributed by atoms with van der Waals surface area (Å²) in [6, 6.07) is 7.00. The number of aliphatic hydroxyl groups excluding tert-OH is 1. The van der Waals surface area contributed by atoms with Crippen LogP contribution in [0.15, 0.2) is 40.1 Å². The van der Waals surface area contributed by atoms with Crippen molar-refractivity contribution >= 4 is 33.3 Å². The topological polar surface area (TPSA) is 66.4 Å². The molecule has 2 N–H and O–H groups in total. The second-order valence-electron chi connectivity index (χ2n) is 4.06. The van der Waals surface area contributed by atoms with E-state index >= 15 is 0 Å². The minimum atomic E-state index is -0.542. The van der Waals surface area contributed by atoms with Gasteiger partial charge in [-0.3, -0.25) is 9.59 Å². The van der Waals surface area contributed by atoms with Gasteiger partial charge in [-0.1, -0.05) is 15.9 Å². The van der Waals surface area contributed by atoms with Gasteiger partial charge in [0.25, 0.3) is 5.91 Å². The molecule has 1 aliphatic rings. The maximum atomic E-state index is 11.9. The summed E-state index contributed by atoms with van der Waals surface area (Å²) in [4.78, 5) is 23.5. The Morgan fingerprint density at radius 1 is 1.22 bits per heavy atom. The maximum absolute atomic E-state index is 11.9. The van der Waals surface area contributed by atoms with Crippen LogP contribution in [-0.4, -0.2) is 16.8 Å². The zero-order valence-electron chi connectivity index (χ0n) is 9.57. The van der Waals surface area contributed by atoms with Gasteiger partial charge in [0.2, 0.25) is 0 Å². The minimum absolute atomic E-state index is 0.107. The molecule has 1 aliphatic carbocycles. The van der Waals surface area contributed by atoms with Crippen LogP contribution in [0, 0.1) is 0 Å². The molecule has 0 spiro atoms. The zero-order chi connectivity index (χ0) is 13.1. The lowest BCUT2D eigenvalue weighted by atomic mass is 9.95. The molecular formula is C13H12BrNO3. The predicted molar refractivity (Wildman–Crippen MR) is 71.3 cm³/mol. The first-order valence-electron chi connectivity index (χ1n) is 5.60. The van der Waals surface area contributed by atoms with Crippen molar-refractivity contribution < 1.29 is 14.7 Å². The summed E-state index contributed by atoms with van der Waals surface area (Å²) < 4.78 is 0.899. The fraction of sp³-hybridized carbons (Fsp3) is 0.231. The van der Waals surface area contributed by atoms with E-state index < -0.39 is 5.91 Å².